The van der Waals surface area contributed by atoms with E-state index in [-0.39, 0.29) is 0 Å². The van der Waals surface area contributed by atoms with E-state index in [1.807, 2.05) is 18.4 Å². The van der Waals surface area contributed by atoms with Crippen molar-refractivity contribution in [2.24, 2.45) is 5.92 Å². The van der Waals surface area contributed by atoms with Gasteiger partial charge in [0.15, 0.2) is 0 Å². The highest BCUT2D eigenvalue weighted by Crippen LogP contribution is 2.26. The van der Waals surface area contributed by atoms with Crippen molar-refractivity contribution in [3.05, 3.63) is 46.2 Å². The van der Waals surface area contributed by atoms with E-state index < -0.39 is 0 Å². The fourth-order valence-corrected chi connectivity index (χ4v) is 3.05. The van der Waals surface area contributed by atoms with Crippen molar-refractivity contribution < 1.29 is 0 Å². The van der Waals surface area contributed by atoms with E-state index in [2.05, 4.69) is 54.9 Å². The first-order valence-corrected chi connectivity index (χ1v) is 7.38. The summed E-state index contributed by atoms with van der Waals surface area (Å²) in [5.41, 5.74) is 4.12. The van der Waals surface area contributed by atoms with Gasteiger partial charge in [0.25, 0.3) is 0 Å². The Bertz CT molecular complexity index is 499. The van der Waals surface area contributed by atoms with Gasteiger partial charge in [-0.15, -0.1) is 11.3 Å². The summed E-state index contributed by atoms with van der Waals surface area (Å²) in [4.78, 5) is 1.39. The van der Waals surface area contributed by atoms with Crippen LogP contribution in [0.2, 0.25) is 0 Å². The molecule has 0 spiro atoms. The molecule has 0 radical (unpaired) electrons. The zero-order valence-electron chi connectivity index (χ0n) is 11.4. The smallest absolute Gasteiger partial charge is 0.0296 e. The number of thiophene rings is 1. The van der Waals surface area contributed by atoms with Gasteiger partial charge in [0.2, 0.25) is 0 Å². The number of benzene rings is 1. The van der Waals surface area contributed by atoms with Crippen LogP contribution in [0.3, 0.4) is 0 Å². The van der Waals surface area contributed by atoms with Crippen LogP contribution >= 0.6 is 11.3 Å². The van der Waals surface area contributed by atoms with Crippen LogP contribution in [-0.2, 0) is 13.0 Å². The highest BCUT2D eigenvalue weighted by Gasteiger charge is 2.04. The van der Waals surface area contributed by atoms with Crippen molar-refractivity contribution in [3.63, 3.8) is 0 Å². The Hall–Kier alpha value is -1.12. The highest BCUT2D eigenvalue weighted by molar-refractivity contribution is 7.10. The minimum absolute atomic E-state index is 0.711. The standard InChI is InChI=1S/C16H21NS/c1-12(2)7-13-5-4-6-14(8-13)15-9-16(10-17-3)18-11-15/h4-6,8-9,11-12,17H,7,10H2,1-3H3. The summed E-state index contributed by atoms with van der Waals surface area (Å²) in [6, 6.07) is 11.2. The molecule has 0 amide bonds. The summed E-state index contributed by atoms with van der Waals surface area (Å²) in [5, 5.41) is 5.45. The van der Waals surface area contributed by atoms with Crippen molar-refractivity contribution in [3.8, 4) is 11.1 Å². The van der Waals surface area contributed by atoms with E-state index in [0.717, 1.165) is 13.0 Å². The predicted molar refractivity (Wildman–Crippen MR) is 81.1 cm³/mol. The van der Waals surface area contributed by atoms with Crippen LogP contribution in [0.1, 0.15) is 24.3 Å². The Kier molecular flexibility index (Phi) is 4.56. The third kappa shape index (κ3) is 3.44. The van der Waals surface area contributed by atoms with E-state index in [4.69, 9.17) is 0 Å². The molecule has 1 aromatic heterocycles. The van der Waals surface area contributed by atoms with Gasteiger partial charge in [-0.25, -0.2) is 0 Å². The maximum Gasteiger partial charge on any atom is 0.0296 e. The summed E-state index contributed by atoms with van der Waals surface area (Å²) in [6.45, 7) is 5.49. The van der Waals surface area contributed by atoms with Crippen molar-refractivity contribution in [1.82, 2.24) is 5.32 Å². The molecular formula is C16H21NS. The van der Waals surface area contributed by atoms with Gasteiger partial charge in [0.05, 0.1) is 0 Å². The lowest BCUT2D eigenvalue weighted by molar-refractivity contribution is 0.647. The van der Waals surface area contributed by atoms with Gasteiger partial charge in [-0.3, -0.25) is 0 Å². The Balaban J connectivity index is 2.21. The molecule has 0 fully saturated rings. The molecule has 1 N–H and O–H groups in total. The number of hydrogen-bond acceptors (Lipinski definition) is 2. The zero-order valence-corrected chi connectivity index (χ0v) is 12.2. The minimum atomic E-state index is 0.711. The van der Waals surface area contributed by atoms with Crippen LogP contribution in [0, 0.1) is 5.92 Å². The van der Waals surface area contributed by atoms with Crippen LogP contribution in [0.15, 0.2) is 35.7 Å². The normalized spacial score (nSPS) is 11.1. The Morgan fingerprint density at radius 1 is 1.17 bits per heavy atom. The molecule has 1 aromatic carbocycles. The molecule has 18 heavy (non-hydrogen) atoms. The first-order valence-electron chi connectivity index (χ1n) is 6.50. The fourth-order valence-electron chi connectivity index (χ4n) is 2.15. The summed E-state index contributed by atoms with van der Waals surface area (Å²) in [5.74, 6) is 0.711. The van der Waals surface area contributed by atoms with E-state index in [1.165, 1.54) is 21.6 Å². The second-order valence-corrected chi connectivity index (χ2v) is 6.13. The summed E-state index contributed by atoms with van der Waals surface area (Å²) < 4.78 is 0. The Morgan fingerprint density at radius 2 is 2.00 bits per heavy atom. The number of nitrogens with one attached hydrogen (secondary N) is 1. The average molecular weight is 259 g/mol. The van der Waals surface area contributed by atoms with Crippen LogP contribution < -0.4 is 5.32 Å². The molecule has 1 nitrogen and oxygen atoms in total. The average Bonchev–Trinajstić information content (AvgIpc) is 2.78. The molecule has 0 unspecified atom stereocenters. The largest absolute Gasteiger partial charge is 0.315 e. The first-order chi connectivity index (χ1) is 8.69. The van der Waals surface area contributed by atoms with E-state index >= 15 is 0 Å². The molecule has 0 aliphatic rings. The van der Waals surface area contributed by atoms with Crippen LogP contribution in [0.4, 0.5) is 0 Å². The Labute approximate surface area is 114 Å². The van der Waals surface area contributed by atoms with Gasteiger partial charge in [-0.05, 0) is 47.5 Å². The van der Waals surface area contributed by atoms with Gasteiger partial charge in [-0.2, -0.15) is 0 Å². The second kappa shape index (κ2) is 6.17. The molecule has 2 aromatic rings. The van der Waals surface area contributed by atoms with Crippen molar-refractivity contribution in [2.75, 3.05) is 7.05 Å². The summed E-state index contributed by atoms with van der Waals surface area (Å²) in [6.07, 6.45) is 1.15. The van der Waals surface area contributed by atoms with E-state index in [0.29, 0.717) is 5.92 Å². The SMILES string of the molecule is CNCc1cc(-c2cccc(CC(C)C)c2)cs1. The number of rotatable bonds is 5. The van der Waals surface area contributed by atoms with Crippen molar-refractivity contribution >= 4 is 11.3 Å². The van der Waals surface area contributed by atoms with Gasteiger partial charge in [0.1, 0.15) is 0 Å². The van der Waals surface area contributed by atoms with Crippen molar-refractivity contribution in [2.45, 2.75) is 26.8 Å². The molecule has 0 aliphatic carbocycles. The predicted octanol–water partition coefficient (Wildman–Crippen LogP) is 4.33. The van der Waals surface area contributed by atoms with Gasteiger partial charge >= 0.3 is 0 Å². The molecule has 2 heteroatoms. The topological polar surface area (TPSA) is 12.0 Å². The molecule has 0 bridgehead atoms. The van der Waals surface area contributed by atoms with Gasteiger partial charge in [-0.1, -0.05) is 38.1 Å². The monoisotopic (exact) mass is 259 g/mol. The molecule has 0 saturated heterocycles. The molecule has 2 rings (SSSR count). The third-order valence-electron chi connectivity index (χ3n) is 2.91. The molecule has 0 atom stereocenters. The van der Waals surface area contributed by atoms with Crippen LogP contribution in [0.25, 0.3) is 11.1 Å². The number of hydrogen-bond donors (Lipinski definition) is 1. The van der Waals surface area contributed by atoms with Gasteiger partial charge < -0.3 is 5.32 Å². The zero-order chi connectivity index (χ0) is 13.0. The molecule has 0 saturated carbocycles. The quantitative estimate of drug-likeness (QED) is 0.842. The summed E-state index contributed by atoms with van der Waals surface area (Å²) >= 11 is 1.83. The second-order valence-electron chi connectivity index (χ2n) is 5.13. The maximum absolute atomic E-state index is 3.20. The molecular weight excluding hydrogens is 238 g/mol. The maximum atomic E-state index is 3.20. The summed E-state index contributed by atoms with van der Waals surface area (Å²) in [7, 11) is 1.99. The lowest BCUT2D eigenvalue weighted by Crippen LogP contribution is -2.02. The third-order valence-corrected chi connectivity index (χ3v) is 3.85. The highest BCUT2D eigenvalue weighted by atomic mass is 32.1. The van der Waals surface area contributed by atoms with Crippen molar-refractivity contribution in [1.29, 1.82) is 0 Å². The van der Waals surface area contributed by atoms with Gasteiger partial charge in [0, 0.05) is 11.4 Å². The Morgan fingerprint density at radius 3 is 2.72 bits per heavy atom. The lowest BCUT2D eigenvalue weighted by atomic mass is 9.99. The molecule has 0 aliphatic heterocycles. The first kappa shape index (κ1) is 13.3. The van der Waals surface area contributed by atoms with Crippen LogP contribution in [-0.4, -0.2) is 7.05 Å². The fraction of sp³-hybridized carbons (Fsp3) is 0.375. The minimum Gasteiger partial charge on any atom is -0.315 e. The molecule has 1 heterocycles. The van der Waals surface area contributed by atoms with E-state index in [9.17, 15) is 0 Å². The molecule has 96 valence electrons. The lowest BCUT2D eigenvalue weighted by Gasteiger charge is -2.06. The van der Waals surface area contributed by atoms with Crippen LogP contribution in [0.5, 0.6) is 0 Å². The van der Waals surface area contributed by atoms with E-state index in [1.54, 1.807) is 0 Å².